The normalized spacial score (nSPS) is 12.6. The largest absolute Gasteiger partial charge is 0.312 e. The molecule has 0 aliphatic rings. The number of nitrogens with zero attached hydrogens (tertiary/aromatic N) is 4. The van der Waals surface area contributed by atoms with Crippen molar-refractivity contribution >= 4 is 37.3 Å². The molecular weight excluding hydrogens is 384 g/mol. The number of aryl methyl sites for hydroxylation is 2. The van der Waals surface area contributed by atoms with E-state index in [1.54, 1.807) is 35.0 Å². The third-order valence-corrected chi connectivity index (χ3v) is 6.24. The van der Waals surface area contributed by atoms with Crippen molar-refractivity contribution in [3.63, 3.8) is 0 Å². The summed E-state index contributed by atoms with van der Waals surface area (Å²) in [5, 5.41) is 4.27. The summed E-state index contributed by atoms with van der Waals surface area (Å²) in [7, 11) is -3.31. The molecule has 0 saturated carbocycles. The Hall–Kier alpha value is -2.52. The van der Waals surface area contributed by atoms with Crippen LogP contribution in [0.5, 0.6) is 0 Å². The van der Waals surface area contributed by atoms with Gasteiger partial charge in [0.15, 0.2) is 20.3 Å². The van der Waals surface area contributed by atoms with Crippen LogP contribution in [0.15, 0.2) is 46.8 Å². The highest BCUT2D eigenvalue weighted by molar-refractivity contribution is 7.90. The van der Waals surface area contributed by atoms with Gasteiger partial charge in [0.2, 0.25) is 0 Å². The number of benzene rings is 1. The molecule has 2 aromatic heterocycles. The number of thiazole rings is 1. The Bertz CT molecular complexity index is 1210. The van der Waals surface area contributed by atoms with Crippen molar-refractivity contribution in [2.45, 2.75) is 31.8 Å². The van der Waals surface area contributed by atoms with Crippen molar-refractivity contribution in [2.75, 3.05) is 6.26 Å². The van der Waals surface area contributed by atoms with Crippen molar-refractivity contribution in [1.29, 1.82) is 0 Å². The van der Waals surface area contributed by atoms with E-state index in [-0.39, 0.29) is 10.6 Å². The average molecular weight is 405 g/mol. The van der Waals surface area contributed by atoms with Crippen molar-refractivity contribution in [2.24, 2.45) is 4.99 Å². The van der Waals surface area contributed by atoms with Crippen LogP contribution in [0.2, 0.25) is 0 Å². The van der Waals surface area contributed by atoms with E-state index in [2.05, 4.69) is 16.7 Å². The molecule has 9 heteroatoms. The topological polar surface area (TPSA) is 86.3 Å². The maximum atomic E-state index is 12.6. The van der Waals surface area contributed by atoms with Crippen molar-refractivity contribution in [1.82, 2.24) is 14.3 Å². The van der Waals surface area contributed by atoms with Crippen LogP contribution < -0.4 is 4.80 Å². The number of aromatic nitrogens is 3. The van der Waals surface area contributed by atoms with Crippen LogP contribution in [0, 0.1) is 6.92 Å². The molecular formula is C18H20N4O3S2. The van der Waals surface area contributed by atoms with E-state index in [1.165, 1.54) is 17.6 Å². The second-order valence-electron chi connectivity index (χ2n) is 6.09. The zero-order valence-electron chi connectivity index (χ0n) is 15.3. The van der Waals surface area contributed by atoms with Gasteiger partial charge in [0.05, 0.1) is 15.1 Å². The molecule has 0 aliphatic carbocycles. The number of carbonyl (C=O) groups is 1. The minimum atomic E-state index is -3.31. The summed E-state index contributed by atoms with van der Waals surface area (Å²) >= 11 is 1.26. The summed E-state index contributed by atoms with van der Waals surface area (Å²) < 4.78 is 27.9. The maximum absolute atomic E-state index is 12.6. The Labute approximate surface area is 161 Å². The van der Waals surface area contributed by atoms with Crippen LogP contribution in [0.25, 0.3) is 10.2 Å². The smallest absolute Gasteiger partial charge is 0.300 e. The van der Waals surface area contributed by atoms with Crippen LogP contribution in [-0.2, 0) is 22.9 Å². The van der Waals surface area contributed by atoms with Gasteiger partial charge in [-0.15, -0.1) is 6.58 Å². The van der Waals surface area contributed by atoms with Gasteiger partial charge in [0.1, 0.15) is 0 Å². The van der Waals surface area contributed by atoms with Gasteiger partial charge in [0, 0.05) is 25.0 Å². The van der Waals surface area contributed by atoms with Crippen LogP contribution in [0.4, 0.5) is 0 Å². The summed E-state index contributed by atoms with van der Waals surface area (Å²) in [6.07, 6.45) is 2.87. The van der Waals surface area contributed by atoms with Crippen LogP contribution >= 0.6 is 11.3 Å². The SMILES string of the molecule is C=CCn1c(=NC(=O)c2cc(C)n(CC)n2)sc2cc(S(C)(=O)=O)ccc21. The molecule has 2 heterocycles. The van der Waals surface area contributed by atoms with Gasteiger partial charge in [0.25, 0.3) is 5.91 Å². The molecule has 0 aliphatic heterocycles. The highest BCUT2D eigenvalue weighted by Gasteiger charge is 2.14. The first-order chi connectivity index (χ1) is 12.7. The van der Waals surface area contributed by atoms with Crippen LogP contribution in [0.3, 0.4) is 0 Å². The third kappa shape index (κ3) is 3.79. The van der Waals surface area contributed by atoms with Crippen LogP contribution in [-0.4, -0.2) is 34.9 Å². The van der Waals surface area contributed by atoms with Gasteiger partial charge < -0.3 is 4.57 Å². The Morgan fingerprint density at radius 1 is 1.37 bits per heavy atom. The number of hydrogen-bond donors (Lipinski definition) is 0. The number of fused-ring (bicyclic) bond motifs is 1. The quantitative estimate of drug-likeness (QED) is 0.612. The lowest BCUT2D eigenvalue weighted by atomic mass is 10.3. The molecule has 7 nitrogen and oxygen atoms in total. The second-order valence-corrected chi connectivity index (χ2v) is 9.11. The van der Waals surface area contributed by atoms with E-state index >= 15 is 0 Å². The lowest BCUT2D eigenvalue weighted by Gasteiger charge is -2.02. The van der Waals surface area contributed by atoms with Gasteiger partial charge in [-0.2, -0.15) is 10.1 Å². The van der Waals surface area contributed by atoms with Gasteiger partial charge in [-0.3, -0.25) is 9.48 Å². The Morgan fingerprint density at radius 2 is 2.11 bits per heavy atom. The molecule has 0 radical (unpaired) electrons. The van der Waals surface area contributed by atoms with E-state index in [4.69, 9.17) is 0 Å². The minimum Gasteiger partial charge on any atom is -0.312 e. The van der Waals surface area contributed by atoms with E-state index in [1.807, 2.05) is 18.4 Å². The number of sulfone groups is 1. The Kier molecular flexibility index (Phi) is 5.16. The van der Waals surface area contributed by atoms with Crippen molar-refractivity contribution < 1.29 is 13.2 Å². The van der Waals surface area contributed by atoms with Gasteiger partial charge in [-0.1, -0.05) is 17.4 Å². The standard InChI is InChI=1S/C18H20N4O3S2/c1-5-9-21-15-8-7-13(27(4,24)25)11-16(15)26-18(21)19-17(23)14-10-12(3)22(6-2)20-14/h5,7-8,10-11H,1,6,9H2,2-4H3. The maximum Gasteiger partial charge on any atom is 0.300 e. The van der Waals surface area contributed by atoms with Crippen LogP contribution in [0.1, 0.15) is 23.1 Å². The van der Waals surface area contributed by atoms with Gasteiger partial charge in [-0.05, 0) is 38.1 Å². The van der Waals surface area contributed by atoms with E-state index < -0.39 is 15.7 Å². The molecule has 1 amide bonds. The van der Waals surface area contributed by atoms with Crippen molar-refractivity contribution in [3.05, 3.63) is 53.1 Å². The molecule has 142 valence electrons. The van der Waals surface area contributed by atoms with E-state index in [0.717, 1.165) is 15.9 Å². The number of hydrogen-bond acceptors (Lipinski definition) is 5. The number of amides is 1. The first-order valence-electron chi connectivity index (χ1n) is 8.32. The summed E-state index contributed by atoms with van der Waals surface area (Å²) in [6, 6.07) is 6.60. The first-order valence-corrected chi connectivity index (χ1v) is 11.0. The molecule has 0 atom stereocenters. The molecule has 0 spiro atoms. The van der Waals surface area contributed by atoms with Crippen molar-refractivity contribution in [3.8, 4) is 0 Å². The zero-order chi connectivity index (χ0) is 19.8. The van der Waals surface area contributed by atoms with Gasteiger partial charge in [-0.25, -0.2) is 8.42 Å². The monoisotopic (exact) mass is 404 g/mol. The Morgan fingerprint density at radius 3 is 2.70 bits per heavy atom. The first kappa shape index (κ1) is 19.2. The van der Waals surface area contributed by atoms with E-state index in [0.29, 0.717) is 17.9 Å². The van der Waals surface area contributed by atoms with Gasteiger partial charge >= 0.3 is 0 Å². The molecule has 1 aromatic carbocycles. The molecule has 3 aromatic rings. The lowest BCUT2D eigenvalue weighted by molar-refractivity contribution is 0.0992. The average Bonchev–Trinajstić information content (AvgIpc) is 3.14. The Balaban J connectivity index is 2.16. The highest BCUT2D eigenvalue weighted by atomic mass is 32.2. The summed E-state index contributed by atoms with van der Waals surface area (Å²) in [4.78, 5) is 17.5. The molecule has 27 heavy (non-hydrogen) atoms. The molecule has 0 bridgehead atoms. The summed E-state index contributed by atoms with van der Waals surface area (Å²) in [5.41, 5.74) is 1.98. The fraction of sp³-hybridized carbons (Fsp3) is 0.278. The number of carbonyl (C=O) groups excluding carboxylic acids is 1. The second kappa shape index (κ2) is 7.24. The minimum absolute atomic E-state index is 0.234. The lowest BCUT2D eigenvalue weighted by Crippen LogP contribution is -2.16. The zero-order valence-corrected chi connectivity index (χ0v) is 17.0. The number of rotatable bonds is 5. The predicted molar refractivity (Wildman–Crippen MR) is 106 cm³/mol. The predicted octanol–water partition coefficient (Wildman–Crippen LogP) is 2.56. The third-order valence-electron chi connectivity index (χ3n) is 4.09. The molecule has 0 fully saturated rings. The fourth-order valence-electron chi connectivity index (χ4n) is 2.75. The molecule has 0 N–H and O–H groups in total. The molecule has 3 rings (SSSR count). The molecule has 0 saturated heterocycles. The molecule has 0 unspecified atom stereocenters. The summed E-state index contributed by atoms with van der Waals surface area (Å²) in [5.74, 6) is -0.432. The fourth-order valence-corrected chi connectivity index (χ4v) is 4.55. The summed E-state index contributed by atoms with van der Waals surface area (Å²) in [6.45, 7) is 8.71. The number of allylic oxidation sites excluding steroid dienone is 1. The van der Waals surface area contributed by atoms with E-state index in [9.17, 15) is 13.2 Å². The highest BCUT2D eigenvalue weighted by Crippen LogP contribution is 2.22.